The molecular formula is C11H14N2O2. The van der Waals surface area contributed by atoms with Gasteiger partial charge in [-0.2, -0.15) is 0 Å². The second kappa shape index (κ2) is 5.14. The Hall–Kier alpha value is -1.84. The molecule has 1 aliphatic heterocycles. The summed E-state index contributed by atoms with van der Waals surface area (Å²) in [7, 11) is 0. The Morgan fingerprint density at radius 3 is 2.60 bits per heavy atom. The van der Waals surface area contributed by atoms with Gasteiger partial charge in [0.15, 0.2) is 0 Å². The molecule has 2 amide bonds. The van der Waals surface area contributed by atoms with E-state index in [9.17, 15) is 9.59 Å². The van der Waals surface area contributed by atoms with Gasteiger partial charge in [-0.05, 0) is 11.6 Å². The molecule has 1 aliphatic rings. The highest BCUT2D eigenvalue weighted by Crippen LogP contribution is 2.13. The first-order valence-electron chi connectivity index (χ1n) is 4.79. The highest BCUT2D eigenvalue weighted by Gasteiger charge is 2.16. The van der Waals surface area contributed by atoms with Crippen molar-refractivity contribution in [2.75, 3.05) is 0 Å². The zero-order chi connectivity index (χ0) is 11.3. The lowest BCUT2D eigenvalue weighted by Crippen LogP contribution is -2.12. The predicted octanol–water partition coefficient (Wildman–Crippen LogP) is 0.812. The van der Waals surface area contributed by atoms with Gasteiger partial charge in [0.05, 0.1) is 0 Å². The smallest absolute Gasteiger partial charge is 0.251 e. The maximum atomic E-state index is 11.0. The number of rotatable bonds is 1. The van der Waals surface area contributed by atoms with Crippen molar-refractivity contribution in [1.82, 2.24) is 5.32 Å². The molecule has 15 heavy (non-hydrogen) atoms. The Labute approximate surface area is 88.5 Å². The van der Waals surface area contributed by atoms with Crippen molar-refractivity contribution in [2.45, 2.75) is 19.9 Å². The van der Waals surface area contributed by atoms with E-state index in [1.807, 2.05) is 24.3 Å². The number of nitrogens with one attached hydrogen (secondary N) is 1. The highest BCUT2D eigenvalue weighted by atomic mass is 16.2. The van der Waals surface area contributed by atoms with Crippen molar-refractivity contribution in [3.8, 4) is 0 Å². The summed E-state index contributed by atoms with van der Waals surface area (Å²) in [5.74, 6) is -0.194. The fraction of sp³-hybridized carbons (Fsp3) is 0.273. The van der Waals surface area contributed by atoms with Crippen LogP contribution in [0.2, 0.25) is 0 Å². The minimum Gasteiger partial charge on any atom is -0.370 e. The maximum absolute atomic E-state index is 11.0. The fourth-order valence-corrected chi connectivity index (χ4v) is 1.17. The molecule has 80 valence electrons. The van der Waals surface area contributed by atoms with Gasteiger partial charge in [0, 0.05) is 18.5 Å². The first-order valence-corrected chi connectivity index (χ1v) is 4.79. The lowest BCUT2D eigenvalue weighted by Gasteiger charge is -1.89. The van der Waals surface area contributed by atoms with E-state index in [-0.39, 0.29) is 11.8 Å². The van der Waals surface area contributed by atoms with Gasteiger partial charge >= 0.3 is 0 Å². The molecule has 4 nitrogen and oxygen atoms in total. The van der Waals surface area contributed by atoms with Crippen LogP contribution in [0.3, 0.4) is 0 Å². The number of amides is 2. The topological polar surface area (TPSA) is 72.2 Å². The molecule has 0 unspecified atom stereocenters. The third kappa shape index (κ3) is 3.09. The van der Waals surface area contributed by atoms with E-state index in [1.165, 1.54) is 0 Å². The van der Waals surface area contributed by atoms with Crippen molar-refractivity contribution >= 4 is 11.8 Å². The van der Waals surface area contributed by atoms with Crippen LogP contribution in [-0.4, -0.2) is 11.8 Å². The van der Waals surface area contributed by atoms with Gasteiger partial charge in [0.2, 0.25) is 5.91 Å². The van der Waals surface area contributed by atoms with Crippen LogP contribution in [0.25, 0.3) is 0 Å². The summed E-state index contributed by atoms with van der Waals surface area (Å²) in [6.07, 6.45) is 0.444. The first-order chi connectivity index (χ1) is 7.15. The summed E-state index contributed by atoms with van der Waals surface area (Å²) < 4.78 is 0. The molecule has 4 heteroatoms. The predicted molar refractivity (Wildman–Crippen MR) is 57.1 cm³/mol. The lowest BCUT2D eigenvalue weighted by molar-refractivity contribution is -0.117. The zero-order valence-electron chi connectivity index (χ0n) is 8.62. The van der Waals surface area contributed by atoms with Gasteiger partial charge in [-0.25, -0.2) is 0 Å². The van der Waals surface area contributed by atoms with Crippen molar-refractivity contribution in [3.63, 3.8) is 0 Å². The average Bonchev–Trinajstić information content (AvgIpc) is 2.62. The number of fused-ring (bicyclic) bond motifs is 1. The average molecular weight is 206 g/mol. The van der Waals surface area contributed by atoms with Crippen LogP contribution >= 0.6 is 0 Å². The summed E-state index contributed by atoms with van der Waals surface area (Å²) >= 11 is 0. The second-order valence-electron chi connectivity index (χ2n) is 3.16. The number of hydrogen-bond acceptors (Lipinski definition) is 2. The Balaban J connectivity index is 0.000000195. The van der Waals surface area contributed by atoms with E-state index in [0.29, 0.717) is 13.0 Å². The van der Waals surface area contributed by atoms with E-state index >= 15 is 0 Å². The number of carbonyl (C=O) groups is 2. The van der Waals surface area contributed by atoms with Gasteiger partial charge in [-0.15, -0.1) is 0 Å². The number of carbonyl (C=O) groups excluding carboxylic acids is 2. The molecule has 0 saturated heterocycles. The fourth-order valence-electron chi connectivity index (χ4n) is 1.17. The second-order valence-corrected chi connectivity index (χ2v) is 3.16. The van der Waals surface area contributed by atoms with Crippen LogP contribution in [0.4, 0.5) is 0 Å². The third-order valence-corrected chi connectivity index (χ3v) is 2.05. The van der Waals surface area contributed by atoms with Gasteiger partial charge in [-0.3, -0.25) is 9.59 Å². The maximum Gasteiger partial charge on any atom is 0.251 e. The normalized spacial score (nSPS) is 12.2. The standard InChI is InChI=1S/C8H7NO.C3H7NO/c10-8-7-4-2-1-3-6(7)5-9-8;1-2-3(4)5/h1-4H,5H2,(H,9,10);2H2,1H3,(H2,4,5). The molecule has 0 aromatic heterocycles. The molecule has 2 rings (SSSR count). The Kier molecular flexibility index (Phi) is 3.85. The molecule has 0 saturated carbocycles. The van der Waals surface area contributed by atoms with Gasteiger partial charge in [0.25, 0.3) is 5.91 Å². The van der Waals surface area contributed by atoms with Crippen LogP contribution in [0.1, 0.15) is 29.3 Å². The van der Waals surface area contributed by atoms with E-state index < -0.39 is 0 Å². The largest absolute Gasteiger partial charge is 0.370 e. The summed E-state index contributed by atoms with van der Waals surface area (Å²) in [5.41, 5.74) is 6.58. The number of nitrogens with two attached hydrogens (primary N) is 1. The number of benzene rings is 1. The molecule has 0 radical (unpaired) electrons. The summed E-state index contributed by atoms with van der Waals surface area (Å²) in [4.78, 5) is 20.5. The van der Waals surface area contributed by atoms with Gasteiger partial charge in [-0.1, -0.05) is 25.1 Å². The van der Waals surface area contributed by atoms with Crippen molar-refractivity contribution in [2.24, 2.45) is 5.73 Å². The molecular weight excluding hydrogens is 192 g/mol. The molecule has 3 N–H and O–H groups in total. The van der Waals surface area contributed by atoms with Crippen LogP contribution in [0.15, 0.2) is 24.3 Å². The van der Waals surface area contributed by atoms with E-state index in [1.54, 1.807) is 6.92 Å². The Morgan fingerprint density at radius 2 is 2.07 bits per heavy atom. The third-order valence-electron chi connectivity index (χ3n) is 2.05. The highest BCUT2D eigenvalue weighted by molar-refractivity contribution is 5.98. The number of primary amides is 1. The summed E-state index contributed by atoms with van der Waals surface area (Å²) in [5, 5.41) is 2.75. The zero-order valence-corrected chi connectivity index (χ0v) is 8.62. The van der Waals surface area contributed by atoms with Crippen molar-refractivity contribution in [3.05, 3.63) is 35.4 Å². The Bertz CT molecular complexity index is 375. The molecule has 1 aromatic rings. The minimum absolute atomic E-state index is 0.0515. The van der Waals surface area contributed by atoms with Gasteiger partial charge < -0.3 is 11.1 Å². The molecule has 1 aromatic carbocycles. The number of hydrogen-bond donors (Lipinski definition) is 2. The Morgan fingerprint density at radius 1 is 1.47 bits per heavy atom. The van der Waals surface area contributed by atoms with E-state index in [0.717, 1.165) is 11.1 Å². The van der Waals surface area contributed by atoms with Crippen LogP contribution in [0.5, 0.6) is 0 Å². The van der Waals surface area contributed by atoms with Crippen LogP contribution < -0.4 is 11.1 Å². The SMILES string of the molecule is CCC(N)=O.O=C1NCc2ccccc21. The van der Waals surface area contributed by atoms with E-state index in [4.69, 9.17) is 0 Å². The van der Waals surface area contributed by atoms with Crippen molar-refractivity contribution in [1.29, 1.82) is 0 Å². The minimum atomic E-state index is -0.245. The monoisotopic (exact) mass is 206 g/mol. The molecule has 0 fully saturated rings. The van der Waals surface area contributed by atoms with Crippen molar-refractivity contribution < 1.29 is 9.59 Å². The van der Waals surface area contributed by atoms with E-state index in [2.05, 4.69) is 11.1 Å². The summed E-state index contributed by atoms with van der Waals surface area (Å²) in [6.45, 7) is 2.41. The molecule has 0 spiro atoms. The molecule has 0 aliphatic carbocycles. The van der Waals surface area contributed by atoms with Gasteiger partial charge in [0.1, 0.15) is 0 Å². The summed E-state index contributed by atoms with van der Waals surface area (Å²) in [6, 6.07) is 7.63. The quantitative estimate of drug-likeness (QED) is 0.713. The first kappa shape index (κ1) is 11.2. The molecule has 0 bridgehead atoms. The van der Waals surface area contributed by atoms with Crippen LogP contribution in [0, 0.1) is 0 Å². The molecule has 1 heterocycles. The van der Waals surface area contributed by atoms with Crippen LogP contribution in [-0.2, 0) is 11.3 Å². The lowest BCUT2D eigenvalue weighted by atomic mass is 10.1. The molecule has 0 atom stereocenters.